The first-order valence-corrected chi connectivity index (χ1v) is 8.78. The van der Waals surface area contributed by atoms with Gasteiger partial charge < -0.3 is 10.1 Å². The standard InChI is InChI=1S/C19H19NO3S/c1-13(19(22)20-15-7-8-15)23-18(21)12-10-16-9-11-17(24-16)14-5-3-2-4-6-14/h2-6,9-13,15H,7-8H2,1H3,(H,20,22)/b12-10+/t13-/m1/s1. The van der Waals surface area contributed by atoms with E-state index in [0.717, 1.165) is 28.2 Å². The van der Waals surface area contributed by atoms with Crippen LogP contribution in [0.5, 0.6) is 0 Å². The molecule has 2 aromatic rings. The summed E-state index contributed by atoms with van der Waals surface area (Å²) in [6, 6.07) is 14.3. The lowest BCUT2D eigenvalue weighted by atomic mass is 10.2. The number of benzene rings is 1. The third-order valence-corrected chi connectivity index (χ3v) is 4.75. The van der Waals surface area contributed by atoms with E-state index in [1.807, 2.05) is 42.5 Å². The monoisotopic (exact) mass is 341 g/mol. The molecule has 1 atom stereocenters. The Morgan fingerprint density at radius 1 is 1.21 bits per heavy atom. The van der Waals surface area contributed by atoms with Crippen LogP contribution in [0.1, 0.15) is 24.6 Å². The quantitative estimate of drug-likeness (QED) is 0.645. The zero-order chi connectivity index (χ0) is 16.9. The summed E-state index contributed by atoms with van der Waals surface area (Å²) in [7, 11) is 0. The van der Waals surface area contributed by atoms with Crippen molar-refractivity contribution >= 4 is 29.3 Å². The molecule has 0 saturated heterocycles. The molecular formula is C19H19NO3S. The summed E-state index contributed by atoms with van der Waals surface area (Å²) in [6.45, 7) is 1.59. The Kier molecular flexibility index (Phi) is 5.11. The van der Waals surface area contributed by atoms with E-state index in [1.165, 1.54) is 6.08 Å². The van der Waals surface area contributed by atoms with Crippen molar-refractivity contribution in [3.8, 4) is 10.4 Å². The predicted octanol–water partition coefficient (Wildman–Crippen LogP) is 3.64. The van der Waals surface area contributed by atoms with Crippen LogP contribution in [0.4, 0.5) is 0 Å². The van der Waals surface area contributed by atoms with E-state index in [1.54, 1.807) is 24.3 Å². The number of ether oxygens (including phenoxy) is 1. The summed E-state index contributed by atoms with van der Waals surface area (Å²) in [5, 5.41) is 2.82. The lowest BCUT2D eigenvalue weighted by molar-refractivity contribution is -0.150. The normalized spacial score (nSPS) is 15.2. The highest BCUT2D eigenvalue weighted by molar-refractivity contribution is 7.16. The van der Waals surface area contributed by atoms with E-state index in [2.05, 4.69) is 5.32 Å². The highest BCUT2D eigenvalue weighted by Crippen LogP contribution is 2.28. The van der Waals surface area contributed by atoms with Crippen molar-refractivity contribution in [2.24, 2.45) is 0 Å². The molecule has 0 spiro atoms. The number of thiophene rings is 1. The molecule has 1 aliphatic carbocycles. The number of rotatable bonds is 6. The van der Waals surface area contributed by atoms with Gasteiger partial charge >= 0.3 is 5.97 Å². The Balaban J connectivity index is 1.54. The molecule has 24 heavy (non-hydrogen) atoms. The zero-order valence-corrected chi connectivity index (χ0v) is 14.2. The van der Waals surface area contributed by atoms with Crippen molar-refractivity contribution in [3.63, 3.8) is 0 Å². The third kappa shape index (κ3) is 4.55. The summed E-state index contributed by atoms with van der Waals surface area (Å²) in [5.74, 6) is -0.746. The number of amides is 1. The van der Waals surface area contributed by atoms with Crippen molar-refractivity contribution in [1.29, 1.82) is 0 Å². The van der Waals surface area contributed by atoms with Crippen molar-refractivity contribution in [1.82, 2.24) is 5.32 Å². The van der Waals surface area contributed by atoms with Crippen molar-refractivity contribution < 1.29 is 14.3 Å². The Bertz CT molecular complexity index is 747. The average molecular weight is 341 g/mol. The minimum absolute atomic E-state index is 0.235. The molecule has 3 rings (SSSR count). The third-order valence-electron chi connectivity index (χ3n) is 3.65. The van der Waals surface area contributed by atoms with Gasteiger partial charge in [-0.05, 0) is 43.5 Å². The first kappa shape index (κ1) is 16.5. The summed E-state index contributed by atoms with van der Waals surface area (Å²) in [5.41, 5.74) is 1.15. The van der Waals surface area contributed by atoms with E-state index in [4.69, 9.17) is 4.74 Å². The van der Waals surface area contributed by atoms with Crippen LogP contribution in [0.3, 0.4) is 0 Å². The van der Waals surface area contributed by atoms with Gasteiger partial charge in [0.1, 0.15) is 0 Å². The van der Waals surface area contributed by atoms with Crippen LogP contribution in [0.15, 0.2) is 48.5 Å². The molecule has 1 aliphatic rings. The van der Waals surface area contributed by atoms with Gasteiger partial charge in [0.15, 0.2) is 6.10 Å². The van der Waals surface area contributed by atoms with Crippen molar-refractivity contribution in [2.75, 3.05) is 0 Å². The molecule has 5 heteroatoms. The molecule has 0 aliphatic heterocycles. The maximum Gasteiger partial charge on any atom is 0.331 e. The zero-order valence-electron chi connectivity index (χ0n) is 13.4. The van der Waals surface area contributed by atoms with Crippen LogP contribution >= 0.6 is 11.3 Å². The minimum atomic E-state index is -0.772. The highest BCUT2D eigenvalue weighted by Gasteiger charge is 2.26. The minimum Gasteiger partial charge on any atom is -0.449 e. The van der Waals surface area contributed by atoms with Crippen LogP contribution in [0, 0.1) is 0 Å². The van der Waals surface area contributed by atoms with E-state index >= 15 is 0 Å². The smallest absolute Gasteiger partial charge is 0.331 e. The Labute approximate surface area is 145 Å². The molecule has 0 radical (unpaired) electrons. The van der Waals surface area contributed by atoms with Gasteiger partial charge in [-0.15, -0.1) is 11.3 Å². The fraction of sp³-hybridized carbons (Fsp3) is 0.263. The van der Waals surface area contributed by atoms with E-state index < -0.39 is 12.1 Å². The van der Waals surface area contributed by atoms with Gasteiger partial charge in [-0.25, -0.2) is 4.79 Å². The van der Waals surface area contributed by atoms with Gasteiger partial charge in [0.25, 0.3) is 5.91 Å². The summed E-state index contributed by atoms with van der Waals surface area (Å²) < 4.78 is 5.12. The second-order valence-corrected chi connectivity index (χ2v) is 6.88. The first-order valence-electron chi connectivity index (χ1n) is 7.96. The molecule has 1 fully saturated rings. The predicted molar refractivity (Wildman–Crippen MR) is 95.5 cm³/mol. The topological polar surface area (TPSA) is 55.4 Å². The molecule has 0 bridgehead atoms. The summed E-state index contributed by atoms with van der Waals surface area (Å²) >= 11 is 1.60. The lowest BCUT2D eigenvalue weighted by Gasteiger charge is -2.11. The lowest BCUT2D eigenvalue weighted by Crippen LogP contribution is -2.36. The van der Waals surface area contributed by atoms with Gasteiger partial charge in [0.05, 0.1) is 0 Å². The maximum absolute atomic E-state index is 11.8. The molecular weight excluding hydrogens is 322 g/mol. The molecule has 1 N–H and O–H groups in total. The molecule has 1 saturated carbocycles. The van der Waals surface area contributed by atoms with Gasteiger partial charge in [-0.1, -0.05) is 30.3 Å². The molecule has 1 aromatic carbocycles. The van der Waals surface area contributed by atoms with Gasteiger partial charge in [-0.3, -0.25) is 4.79 Å². The summed E-state index contributed by atoms with van der Waals surface area (Å²) in [4.78, 5) is 25.7. The number of nitrogens with one attached hydrogen (secondary N) is 1. The second kappa shape index (κ2) is 7.45. The number of carbonyl (C=O) groups is 2. The molecule has 4 nitrogen and oxygen atoms in total. The van der Waals surface area contributed by atoms with Gasteiger partial charge in [-0.2, -0.15) is 0 Å². The van der Waals surface area contributed by atoms with Crippen LogP contribution in [-0.4, -0.2) is 24.0 Å². The molecule has 124 valence electrons. The number of carbonyl (C=O) groups excluding carboxylic acids is 2. The van der Waals surface area contributed by atoms with Crippen molar-refractivity contribution in [2.45, 2.75) is 31.9 Å². The van der Waals surface area contributed by atoms with E-state index in [0.29, 0.717) is 0 Å². The fourth-order valence-corrected chi connectivity index (χ4v) is 3.08. The molecule has 1 heterocycles. The van der Waals surface area contributed by atoms with E-state index in [9.17, 15) is 9.59 Å². The van der Waals surface area contributed by atoms with Crippen LogP contribution in [0.2, 0.25) is 0 Å². The van der Waals surface area contributed by atoms with Crippen LogP contribution in [-0.2, 0) is 14.3 Å². The highest BCUT2D eigenvalue weighted by atomic mass is 32.1. The maximum atomic E-state index is 11.8. The largest absolute Gasteiger partial charge is 0.449 e. The Morgan fingerprint density at radius 2 is 1.96 bits per heavy atom. The average Bonchev–Trinajstić information content (AvgIpc) is 3.27. The molecule has 0 unspecified atom stereocenters. The number of esters is 1. The second-order valence-electron chi connectivity index (χ2n) is 5.76. The van der Waals surface area contributed by atoms with Gasteiger partial charge in [0, 0.05) is 21.9 Å². The Hall–Kier alpha value is -2.40. The van der Waals surface area contributed by atoms with Crippen LogP contribution in [0.25, 0.3) is 16.5 Å². The summed E-state index contributed by atoms with van der Waals surface area (Å²) in [6.07, 6.45) is 4.32. The molecule has 1 amide bonds. The van der Waals surface area contributed by atoms with Gasteiger partial charge in [0.2, 0.25) is 0 Å². The fourth-order valence-electron chi connectivity index (χ4n) is 2.16. The number of hydrogen-bond acceptors (Lipinski definition) is 4. The Morgan fingerprint density at radius 3 is 2.67 bits per heavy atom. The number of hydrogen-bond donors (Lipinski definition) is 1. The van der Waals surface area contributed by atoms with Crippen molar-refractivity contribution in [3.05, 3.63) is 53.4 Å². The van der Waals surface area contributed by atoms with E-state index in [-0.39, 0.29) is 11.9 Å². The SMILES string of the molecule is C[C@@H](OC(=O)/C=C/c1ccc(-c2ccccc2)s1)C(=O)NC1CC1. The first-order chi connectivity index (χ1) is 11.6. The van der Waals surface area contributed by atoms with Crippen LogP contribution < -0.4 is 5.32 Å². The molecule has 1 aromatic heterocycles.